The highest BCUT2D eigenvalue weighted by molar-refractivity contribution is 7.07. The summed E-state index contributed by atoms with van der Waals surface area (Å²) >= 11 is 1.69. The fourth-order valence-corrected chi connectivity index (χ4v) is 3.28. The molecule has 150 valence electrons. The molecule has 1 aliphatic rings. The summed E-state index contributed by atoms with van der Waals surface area (Å²) in [5, 5.41) is 13.7. The number of nitrogens with zero attached hydrogens (tertiary/aromatic N) is 1. The summed E-state index contributed by atoms with van der Waals surface area (Å²) in [6.45, 7) is 4.43. The molecule has 1 aromatic carbocycles. The molecule has 0 unspecified atom stereocenters. The molecule has 0 saturated heterocycles. The minimum atomic E-state index is -0.0477. The SMILES string of the molecule is CCNC(=NCc1ccsc1)NCCc1ccc(OCC(=O)NC2CC2)cc1. The predicted molar refractivity (Wildman–Crippen MR) is 114 cm³/mol. The molecule has 6 nitrogen and oxygen atoms in total. The van der Waals surface area contributed by atoms with E-state index in [1.807, 2.05) is 24.3 Å². The van der Waals surface area contributed by atoms with Crippen LogP contribution in [0, 0.1) is 0 Å². The van der Waals surface area contributed by atoms with Crippen molar-refractivity contribution in [2.45, 2.75) is 38.8 Å². The van der Waals surface area contributed by atoms with Gasteiger partial charge in [-0.25, -0.2) is 4.99 Å². The third-order valence-electron chi connectivity index (χ3n) is 4.29. The average Bonchev–Trinajstić information content (AvgIpc) is 3.36. The number of nitrogens with one attached hydrogen (secondary N) is 3. The number of ether oxygens (including phenoxy) is 1. The van der Waals surface area contributed by atoms with Crippen molar-refractivity contribution >= 4 is 23.2 Å². The lowest BCUT2D eigenvalue weighted by Crippen LogP contribution is -2.38. The Morgan fingerprint density at radius 3 is 2.68 bits per heavy atom. The van der Waals surface area contributed by atoms with Crippen LogP contribution in [0.1, 0.15) is 30.9 Å². The van der Waals surface area contributed by atoms with Crippen LogP contribution >= 0.6 is 11.3 Å². The fourth-order valence-electron chi connectivity index (χ4n) is 2.62. The number of guanidine groups is 1. The second-order valence-electron chi connectivity index (χ2n) is 6.78. The summed E-state index contributed by atoms with van der Waals surface area (Å²) in [5.41, 5.74) is 2.43. The molecule has 0 atom stereocenters. The molecule has 2 aromatic rings. The highest BCUT2D eigenvalue weighted by Crippen LogP contribution is 2.18. The van der Waals surface area contributed by atoms with Gasteiger partial charge in [0.05, 0.1) is 6.54 Å². The Balaban J connectivity index is 1.39. The number of carbonyl (C=O) groups is 1. The molecule has 0 spiro atoms. The molecule has 3 N–H and O–H groups in total. The molecular formula is C21H28N4O2S. The minimum absolute atomic E-state index is 0.0477. The summed E-state index contributed by atoms with van der Waals surface area (Å²) in [7, 11) is 0. The molecule has 7 heteroatoms. The van der Waals surface area contributed by atoms with Crippen LogP contribution in [0.15, 0.2) is 46.1 Å². The minimum Gasteiger partial charge on any atom is -0.484 e. The van der Waals surface area contributed by atoms with E-state index >= 15 is 0 Å². The van der Waals surface area contributed by atoms with Crippen molar-refractivity contribution in [1.82, 2.24) is 16.0 Å². The van der Waals surface area contributed by atoms with Gasteiger partial charge in [-0.1, -0.05) is 12.1 Å². The second-order valence-corrected chi connectivity index (χ2v) is 7.56. The van der Waals surface area contributed by atoms with Crippen molar-refractivity contribution in [3.63, 3.8) is 0 Å². The van der Waals surface area contributed by atoms with Crippen LogP contribution < -0.4 is 20.7 Å². The Morgan fingerprint density at radius 1 is 1.18 bits per heavy atom. The van der Waals surface area contributed by atoms with E-state index in [0.29, 0.717) is 18.3 Å². The first-order valence-corrected chi connectivity index (χ1v) is 10.7. The van der Waals surface area contributed by atoms with Crippen LogP contribution in [0.25, 0.3) is 0 Å². The van der Waals surface area contributed by atoms with Crippen LogP contribution in [-0.4, -0.2) is 37.6 Å². The van der Waals surface area contributed by atoms with Gasteiger partial charge in [-0.15, -0.1) is 0 Å². The van der Waals surface area contributed by atoms with E-state index in [2.05, 4.69) is 44.7 Å². The molecule has 3 rings (SSSR count). The summed E-state index contributed by atoms with van der Waals surface area (Å²) < 4.78 is 5.54. The second kappa shape index (κ2) is 10.7. The first-order valence-electron chi connectivity index (χ1n) is 9.77. The Hall–Kier alpha value is -2.54. The molecule has 0 aliphatic heterocycles. The number of benzene rings is 1. The molecular weight excluding hydrogens is 372 g/mol. The van der Waals surface area contributed by atoms with Crippen molar-refractivity contribution < 1.29 is 9.53 Å². The number of hydrogen-bond acceptors (Lipinski definition) is 4. The van der Waals surface area contributed by atoms with Gasteiger partial charge in [-0.2, -0.15) is 11.3 Å². The van der Waals surface area contributed by atoms with Gasteiger partial charge >= 0.3 is 0 Å². The van der Waals surface area contributed by atoms with E-state index in [1.165, 1.54) is 11.1 Å². The number of thiophene rings is 1. The van der Waals surface area contributed by atoms with Crippen molar-refractivity contribution in [1.29, 1.82) is 0 Å². The first-order chi connectivity index (χ1) is 13.7. The topological polar surface area (TPSA) is 74.8 Å². The van der Waals surface area contributed by atoms with E-state index in [1.54, 1.807) is 11.3 Å². The summed E-state index contributed by atoms with van der Waals surface area (Å²) in [5.74, 6) is 1.50. The Morgan fingerprint density at radius 2 is 2.00 bits per heavy atom. The van der Waals surface area contributed by atoms with E-state index in [0.717, 1.165) is 38.3 Å². The maximum Gasteiger partial charge on any atom is 0.258 e. The van der Waals surface area contributed by atoms with Crippen molar-refractivity contribution in [3.8, 4) is 5.75 Å². The Kier molecular flexibility index (Phi) is 7.72. The fraction of sp³-hybridized carbons (Fsp3) is 0.429. The van der Waals surface area contributed by atoms with Crippen LogP contribution in [-0.2, 0) is 17.8 Å². The van der Waals surface area contributed by atoms with Gasteiger partial charge < -0.3 is 20.7 Å². The molecule has 1 fully saturated rings. The van der Waals surface area contributed by atoms with Gasteiger partial charge in [-0.3, -0.25) is 4.79 Å². The molecule has 1 heterocycles. The Bertz CT molecular complexity index is 755. The van der Waals surface area contributed by atoms with Crippen LogP contribution in [0.5, 0.6) is 5.75 Å². The lowest BCUT2D eigenvalue weighted by atomic mass is 10.1. The zero-order chi connectivity index (χ0) is 19.6. The van der Waals surface area contributed by atoms with E-state index in [-0.39, 0.29) is 12.5 Å². The van der Waals surface area contributed by atoms with Gasteiger partial charge in [-0.05, 0) is 66.3 Å². The molecule has 1 aromatic heterocycles. The number of rotatable bonds is 10. The smallest absolute Gasteiger partial charge is 0.258 e. The Labute approximate surface area is 170 Å². The molecule has 0 bridgehead atoms. The number of amides is 1. The van der Waals surface area contributed by atoms with Gasteiger partial charge in [0, 0.05) is 19.1 Å². The number of hydrogen-bond donors (Lipinski definition) is 3. The molecule has 1 amide bonds. The van der Waals surface area contributed by atoms with Gasteiger partial charge in [0.25, 0.3) is 5.91 Å². The number of aliphatic imine (C=N–C) groups is 1. The standard InChI is InChI=1S/C21H28N4O2S/c1-2-22-21(24-13-17-10-12-28-15-17)23-11-9-16-3-7-19(8-4-16)27-14-20(26)25-18-5-6-18/h3-4,7-8,10,12,15,18H,2,5-6,9,11,13-14H2,1H3,(H,25,26)(H2,22,23,24). The summed E-state index contributed by atoms with van der Waals surface area (Å²) in [6, 6.07) is 10.4. The third-order valence-corrected chi connectivity index (χ3v) is 5.02. The molecule has 28 heavy (non-hydrogen) atoms. The lowest BCUT2D eigenvalue weighted by Gasteiger charge is -2.11. The predicted octanol–water partition coefficient (Wildman–Crippen LogP) is 2.70. The van der Waals surface area contributed by atoms with Crippen LogP contribution in [0.2, 0.25) is 0 Å². The van der Waals surface area contributed by atoms with Gasteiger partial charge in [0.1, 0.15) is 5.75 Å². The molecule has 1 aliphatic carbocycles. The first kappa shape index (κ1) is 20.2. The zero-order valence-electron chi connectivity index (χ0n) is 16.2. The van der Waals surface area contributed by atoms with E-state index < -0.39 is 0 Å². The van der Waals surface area contributed by atoms with E-state index in [9.17, 15) is 4.79 Å². The van der Waals surface area contributed by atoms with Crippen LogP contribution in [0.3, 0.4) is 0 Å². The third kappa shape index (κ3) is 7.23. The summed E-state index contributed by atoms with van der Waals surface area (Å²) in [6.07, 6.45) is 3.05. The van der Waals surface area contributed by atoms with Gasteiger partial charge in [0.2, 0.25) is 0 Å². The van der Waals surface area contributed by atoms with Crippen molar-refractivity contribution in [2.75, 3.05) is 19.7 Å². The van der Waals surface area contributed by atoms with E-state index in [4.69, 9.17) is 4.74 Å². The molecule has 1 saturated carbocycles. The number of carbonyl (C=O) groups excluding carboxylic acids is 1. The lowest BCUT2D eigenvalue weighted by molar-refractivity contribution is -0.123. The van der Waals surface area contributed by atoms with Gasteiger partial charge in [0.15, 0.2) is 12.6 Å². The molecule has 0 radical (unpaired) electrons. The maximum absolute atomic E-state index is 11.7. The summed E-state index contributed by atoms with van der Waals surface area (Å²) in [4.78, 5) is 16.3. The normalized spacial score (nSPS) is 13.8. The zero-order valence-corrected chi connectivity index (χ0v) is 17.1. The monoisotopic (exact) mass is 400 g/mol. The highest BCUT2D eigenvalue weighted by atomic mass is 32.1. The largest absolute Gasteiger partial charge is 0.484 e. The van der Waals surface area contributed by atoms with Crippen LogP contribution in [0.4, 0.5) is 0 Å². The quantitative estimate of drug-likeness (QED) is 0.423. The van der Waals surface area contributed by atoms with Crippen molar-refractivity contribution in [2.24, 2.45) is 4.99 Å². The maximum atomic E-state index is 11.7. The highest BCUT2D eigenvalue weighted by Gasteiger charge is 2.23. The van der Waals surface area contributed by atoms with Crippen molar-refractivity contribution in [3.05, 3.63) is 52.2 Å². The average molecular weight is 401 g/mol.